The highest BCUT2D eigenvalue weighted by Gasteiger charge is 2.23. The van der Waals surface area contributed by atoms with Crippen molar-refractivity contribution >= 4 is 30.8 Å². The molecule has 92 valence electrons. The molecule has 0 aliphatic carbocycles. The van der Waals surface area contributed by atoms with Gasteiger partial charge < -0.3 is 10.1 Å². The highest BCUT2D eigenvalue weighted by atomic mass is 35.5. The van der Waals surface area contributed by atoms with Gasteiger partial charge in [-0.3, -0.25) is 9.69 Å². The van der Waals surface area contributed by atoms with Gasteiger partial charge >= 0.3 is 5.97 Å². The summed E-state index contributed by atoms with van der Waals surface area (Å²) < 4.78 is 4.96. The first kappa shape index (κ1) is 17.4. The third kappa shape index (κ3) is 5.56. The lowest BCUT2D eigenvalue weighted by molar-refractivity contribution is -0.149. The third-order valence-electron chi connectivity index (χ3n) is 2.33. The zero-order valence-corrected chi connectivity index (χ0v) is 10.8. The van der Waals surface area contributed by atoms with E-state index in [1.54, 1.807) is 0 Å². The number of nitrogens with one attached hydrogen (secondary N) is 1. The molecule has 6 heteroatoms. The Morgan fingerprint density at radius 1 is 1.40 bits per heavy atom. The molecule has 0 aromatic rings. The molecular formula is C9H20Cl2N2O2. The van der Waals surface area contributed by atoms with Crippen LogP contribution in [0.15, 0.2) is 0 Å². The van der Waals surface area contributed by atoms with Gasteiger partial charge in [0.2, 0.25) is 0 Å². The molecule has 1 saturated heterocycles. The quantitative estimate of drug-likeness (QED) is 0.757. The van der Waals surface area contributed by atoms with Crippen molar-refractivity contribution in [1.82, 2.24) is 10.2 Å². The number of nitrogens with zero attached hydrogens (tertiary/aromatic N) is 1. The Labute approximate surface area is 104 Å². The van der Waals surface area contributed by atoms with Crippen LogP contribution in [0.2, 0.25) is 0 Å². The molecule has 0 aromatic heterocycles. The molecule has 0 amide bonds. The minimum Gasteiger partial charge on any atom is -0.465 e. The molecule has 1 heterocycles. The Morgan fingerprint density at radius 2 is 1.93 bits per heavy atom. The molecule has 1 rings (SSSR count). The number of esters is 1. The van der Waals surface area contributed by atoms with Crippen molar-refractivity contribution in [3.8, 4) is 0 Å². The fraction of sp³-hybridized carbons (Fsp3) is 0.889. The molecule has 0 saturated carbocycles. The highest BCUT2D eigenvalue weighted by molar-refractivity contribution is 5.85. The van der Waals surface area contributed by atoms with E-state index in [9.17, 15) is 4.79 Å². The van der Waals surface area contributed by atoms with Gasteiger partial charge in [-0.2, -0.15) is 0 Å². The zero-order chi connectivity index (χ0) is 9.68. The maximum Gasteiger partial charge on any atom is 0.323 e. The lowest BCUT2D eigenvalue weighted by Crippen LogP contribution is -2.50. The number of carbonyl (C=O) groups excluding carboxylic acids is 1. The van der Waals surface area contributed by atoms with Gasteiger partial charge in [0.1, 0.15) is 6.04 Å². The summed E-state index contributed by atoms with van der Waals surface area (Å²) in [5, 5.41) is 3.25. The van der Waals surface area contributed by atoms with E-state index < -0.39 is 0 Å². The number of carbonyl (C=O) groups is 1. The minimum absolute atomic E-state index is 0. The third-order valence-corrected chi connectivity index (χ3v) is 2.33. The Morgan fingerprint density at radius 3 is 2.40 bits per heavy atom. The van der Waals surface area contributed by atoms with Crippen LogP contribution in [-0.4, -0.2) is 49.7 Å². The zero-order valence-electron chi connectivity index (χ0n) is 9.19. The van der Waals surface area contributed by atoms with Gasteiger partial charge in [0.25, 0.3) is 0 Å². The molecule has 0 radical (unpaired) electrons. The van der Waals surface area contributed by atoms with Crippen LogP contribution in [0.25, 0.3) is 0 Å². The van der Waals surface area contributed by atoms with Crippen LogP contribution in [0, 0.1) is 0 Å². The Hall–Kier alpha value is -0.0300. The summed E-state index contributed by atoms with van der Waals surface area (Å²) in [6.07, 6.45) is 0. The van der Waals surface area contributed by atoms with Crippen LogP contribution in [0.1, 0.15) is 13.8 Å². The Bertz CT molecular complexity index is 175. The summed E-state index contributed by atoms with van der Waals surface area (Å²) in [6.45, 7) is 7.99. The number of rotatable bonds is 3. The van der Waals surface area contributed by atoms with Gasteiger partial charge in [-0.15, -0.1) is 24.8 Å². The van der Waals surface area contributed by atoms with Crippen LogP contribution in [-0.2, 0) is 9.53 Å². The van der Waals surface area contributed by atoms with Gasteiger partial charge in [-0.05, 0) is 13.8 Å². The van der Waals surface area contributed by atoms with E-state index in [4.69, 9.17) is 4.74 Å². The average molecular weight is 259 g/mol. The van der Waals surface area contributed by atoms with Crippen molar-refractivity contribution < 1.29 is 9.53 Å². The molecule has 1 unspecified atom stereocenters. The Kier molecular flexibility index (Phi) is 10.7. The normalized spacial score (nSPS) is 18.3. The summed E-state index contributed by atoms with van der Waals surface area (Å²) in [5.74, 6) is -0.107. The van der Waals surface area contributed by atoms with E-state index in [0.717, 1.165) is 26.2 Å². The van der Waals surface area contributed by atoms with Gasteiger partial charge in [0.05, 0.1) is 6.61 Å². The van der Waals surface area contributed by atoms with Gasteiger partial charge in [0, 0.05) is 26.2 Å². The lowest BCUT2D eigenvalue weighted by Gasteiger charge is -2.31. The van der Waals surface area contributed by atoms with Crippen molar-refractivity contribution in [2.75, 3.05) is 32.8 Å². The summed E-state index contributed by atoms with van der Waals surface area (Å²) >= 11 is 0. The standard InChI is InChI=1S/C9H18N2O2.2ClH/c1-3-13-9(12)8(2)11-6-4-10-5-7-11;;/h8,10H,3-7H2,1-2H3;2*1H. The van der Waals surface area contributed by atoms with E-state index in [2.05, 4.69) is 10.2 Å². The van der Waals surface area contributed by atoms with E-state index in [1.807, 2.05) is 13.8 Å². The molecule has 1 aliphatic heterocycles. The first-order valence-corrected chi connectivity index (χ1v) is 4.87. The van der Waals surface area contributed by atoms with Crippen molar-refractivity contribution in [2.45, 2.75) is 19.9 Å². The summed E-state index contributed by atoms with van der Waals surface area (Å²) in [6, 6.07) is -0.0953. The van der Waals surface area contributed by atoms with Gasteiger partial charge in [0.15, 0.2) is 0 Å². The van der Waals surface area contributed by atoms with Crippen molar-refractivity contribution in [3.05, 3.63) is 0 Å². The minimum atomic E-state index is -0.107. The molecule has 1 N–H and O–H groups in total. The van der Waals surface area contributed by atoms with E-state index in [1.165, 1.54) is 0 Å². The number of piperazine rings is 1. The molecule has 0 bridgehead atoms. The largest absolute Gasteiger partial charge is 0.465 e. The topological polar surface area (TPSA) is 41.6 Å². The van der Waals surface area contributed by atoms with Gasteiger partial charge in [-0.25, -0.2) is 0 Å². The second-order valence-electron chi connectivity index (χ2n) is 3.21. The van der Waals surface area contributed by atoms with Crippen LogP contribution in [0.3, 0.4) is 0 Å². The fourth-order valence-electron chi connectivity index (χ4n) is 1.48. The van der Waals surface area contributed by atoms with Gasteiger partial charge in [-0.1, -0.05) is 0 Å². The molecule has 1 atom stereocenters. The summed E-state index contributed by atoms with van der Waals surface area (Å²) in [4.78, 5) is 13.5. The molecule has 0 aromatic carbocycles. The average Bonchev–Trinajstić information content (AvgIpc) is 2.18. The van der Waals surface area contributed by atoms with Crippen LogP contribution >= 0.6 is 24.8 Å². The van der Waals surface area contributed by atoms with Crippen LogP contribution in [0.5, 0.6) is 0 Å². The molecule has 0 spiro atoms. The van der Waals surface area contributed by atoms with Crippen molar-refractivity contribution in [3.63, 3.8) is 0 Å². The van der Waals surface area contributed by atoms with Crippen molar-refractivity contribution in [1.29, 1.82) is 0 Å². The molecule has 15 heavy (non-hydrogen) atoms. The highest BCUT2D eigenvalue weighted by Crippen LogP contribution is 2.02. The van der Waals surface area contributed by atoms with Crippen LogP contribution < -0.4 is 5.32 Å². The number of ether oxygens (including phenoxy) is 1. The second kappa shape index (κ2) is 9.21. The van der Waals surface area contributed by atoms with E-state index in [-0.39, 0.29) is 36.8 Å². The smallest absolute Gasteiger partial charge is 0.323 e. The first-order valence-electron chi connectivity index (χ1n) is 4.87. The molecular weight excluding hydrogens is 239 g/mol. The lowest BCUT2D eigenvalue weighted by atomic mass is 10.2. The molecule has 4 nitrogen and oxygen atoms in total. The van der Waals surface area contributed by atoms with Crippen molar-refractivity contribution in [2.24, 2.45) is 0 Å². The monoisotopic (exact) mass is 258 g/mol. The van der Waals surface area contributed by atoms with Crippen LogP contribution in [0.4, 0.5) is 0 Å². The summed E-state index contributed by atoms with van der Waals surface area (Å²) in [5.41, 5.74) is 0. The molecule has 1 fully saturated rings. The maximum atomic E-state index is 11.4. The fourth-order valence-corrected chi connectivity index (χ4v) is 1.48. The predicted molar refractivity (Wildman–Crippen MR) is 65.0 cm³/mol. The van der Waals surface area contributed by atoms with E-state index in [0.29, 0.717) is 6.61 Å². The maximum absolute atomic E-state index is 11.4. The Balaban J connectivity index is 0. The predicted octanol–water partition coefficient (Wildman–Crippen LogP) is 0.687. The molecule has 1 aliphatic rings. The number of hydrogen-bond acceptors (Lipinski definition) is 4. The summed E-state index contributed by atoms with van der Waals surface area (Å²) in [7, 11) is 0. The van der Waals surface area contributed by atoms with E-state index >= 15 is 0 Å². The SMILES string of the molecule is CCOC(=O)C(C)N1CCNCC1.Cl.Cl. The first-order chi connectivity index (χ1) is 6.25. The number of halogens is 2. The number of hydrogen-bond donors (Lipinski definition) is 1. The second-order valence-corrected chi connectivity index (χ2v) is 3.21.